The van der Waals surface area contributed by atoms with Gasteiger partial charge in [-0.25, -0.2) is 13.9 Å². The zero-order valence-electron chi connectivity index (χ0n) is 41.9. The first-order valence-electron chi connectivity index (χ1n) is 25.4. The number of phosphoric ester groups is 2. The Bertz CT molecular complexity index is 1940. The first-order valence-corrected chi connectivity index (χ1v) is 28.4. The number of carbonyl (C=O) groups is 2. The fourth-order valence-corrected chi connectivity index (χ4v) is 9.21. The summed E-state index contributed by atoms with van der Waals surface area (Å²) in [5.74, 6) is -1.40. The smallest absolute Gasteiger partial charge is 0.462 e. The van der Waals surface area contributed by atoms with Gasteiger partial charge in [-0.15, -0.1) is 0 Å². The summed E-state index contributed by atoms with van der Waals surface area (Å²) >= 11 is 0. The van der Waals surface area contributed by atoms with Crippen LogP contribution in [0.25, 0.3) is 0 Å². The van der Waals surface area contributed by atoms with E-state index in [2.05, 4.69) is 58.8 Å². The first-order chi connectivity index (χ1) is 34.1. The highest BCUT2D eigenvalue weighted by Gasteiger charge is 2.46. The van der Waals surface area contributed by atoms with Crippen LogP contribution >= 0.6 is 15.6 Å². The molecule has 7 N–H and O–H groups in total. The van der Waals surface area contributed by atoms with E-state index in [4.69, 9.17) is 29.0 Å². The number of allylic oxidation sites excluding steroid dienone is 10. The molecule has 0 spiro atoms. The molecule has 71 heavy (non-hydrogen) atoms. The average molecular weight is 1040 g/mol. The lowest BCUT2D eigenvalue weighted by atomic mass is 10.1. The summed E-state index contributed by atoms with van der Waals surface area (Å²) < 4.78 is 56.7. The summed E-state index contributed by atoms with van der Waals surface area (Å²) in [6.07, 6.45) is 33.9. The van der Waals surface area contributed by atoms with Crippen molar-refractivity contribution in [1.29, 1.82) is 0 Å². The number of carbonyl (C=O) groups excluding carboxylic acids is 2. The summed E-state index contributed by atoms with van der Waals surface area (Å²) in [6, 6.07) is 1.24. The Hall–Kier alpha value is -3.58. The Morgan fingerprint density at radius 2 is 1.27 bits per heavy atom. The molecule has 21 heteroatoms. The van der Waals surface area contributed by atoms with E-state index in [9.17, 15) is 48.6 Å². The van der Waals surface area contributed by atoms with Crippen LogP contribution in [0.15, 0.2) is 77.8 Å². The van der Waals surface area contributed by atoms with E-state index in [0.29, 0.717) is 19.3 Å². The van der Waals surface area contributed by atoms with Gasteiger partial charge < -0.3 is 45.1 Å². The predicted octanol–water partition coefficient (Wildman–Crippen LogP) is 9.30. The predicted molar refractivity (Wildman–Crippen MR) is 272 cm³/mol. The minimum Gasteiger partial charge on any atom is -0.462 e. The standard InChI is InChI=1S/C50H83N3O16P2/c1-3-5-6-7-8-9-10-11-12-17-20-23-26-29-32-35-46(56)67-42(38-64-45(55)34-31-28-25-22-19-16-14-13-15-18-21-24-27-30-33-41(54)4-2)39-65-70(60,61)69-71(62,63)66-40-43-47(57)48(58)49(68-43)53-37-36-44(51)52-50(53)59/h11-12,14-16,18,22,24-25,27,36-37,41-43,47-49,54,57-58H,3-10,13,17,19-21,23,26,28-35,38-40H2,1-2H3,(H,60,61)(H,62,63)(H2,51,52,59)/b12-11-,16-14-,18-15-,25-22-,27-24-/t41-,42+,43+,47+,48+,49+/m0/s1. The van der Waals surface area contributed by atoms with Crippen LogP contribution in [0, 0.1) is 0 Å². The van der Waals surface area contributed by atoms with Crippen LogP contribution in [-0.2, 0) is 46.3 Å². The van der Waals surface area contributed by atoms with Crippen LogP contribution in [0.3, 0.4) is 0 Å². The monoisotopic (exact) mass is 1040 g/mol. The number of nitrogens with zero attached hydrogens (tertiary/aromatic N) is 2. The van der Waals surface area contributed by atoms with E-state index in [1.165, 1.54) is 44.6 Å². The number of anilines is 1. The second-order valence-electron chi connectivity index (χ2n) is 17.5. The van der Waals surface area contributed by atoms with Gasteiger partial charge in [0.1, 0.15) is 30.7 Å². The molecule has 2 heterocycles. The summed E-state index contributed by atoms with van der Waals surface area (Å²) in [6.45, 7) is 1.80. The van der Waals surface area contributed by atoms with Gasteiger partial charge in [0.2, 0.25) is 0 Å². The summed E-state index contributed by atoms with van der Waals surface area (Å²) in [5.41, 5.74) is 4.58. The molecular weight excluding hydrogens is 961 g/mol. The van der Waals surface area contributed by atoms with E-state index in [1.807, 2.05) is 25.2 Å². The molecular formula is C50H83N3O16P2. The average Bonchev–Trinajstić information content (AvgIpc) is 3.61. The van der Waals surface area contributed by atoms with Crippen molar-refractivity contribution >= 4 is 33.4 Å². The molecule has 1 aromatic rings. The van der Waals surface area contributed by atoms with Crippen molar-refractivity contribution in [3.05, 3.63) is 83.5 Å². The van der Waals surface area contributed by atoms with E-state index in [-0.39, 0.29) is 24.8 Å². The van der Waals surface area contributed by atoms with E-state index in [0.717, 1.165) is 87.8 Å². The zero-order chi connectivity index (χ0) is 52.2. The summed E-state index contributed by atoms with van der Waals surface area (Å²) in [7, 11) is -10.9. The Balaban J connectivity index is 1.83. The molecule has 2 rings (SSSR count). The molecule has 19 nitrogen and oxygen atoms in total. The van der Waals surface area contributed by atoms with Gasteiger partial charge in [0.15, 0.2) is 12.3 Å². The fourth-order valence-electron chi connectivity index (χ4n) is 7.10. The van der Waals surface area contributed by atoms with Crippen LogP contribution in [0.5, 0.6) is 0 Å². The molecule has 1 saturated heterocycles. The lowest BCUT2D eigenvalue weighted by Gasteiger charge is -2.21. The van der Waals surface area contributed by atoms with Gasteiger partial charge in [-0.1, -0.05) is 126 Å². The topological polar surface area (TPSA) is 286 Å². The maximum atomic E-state index is 12.9. The quantitative estimate of drug-likeness (QED) is 0.0154. The van der Waals surface area contributed by atoms with Crippen LogP contribution in [0.1, 0.15) is 168 Å². The number of ether oxygens (including phenoxy) is 3. The lowest BCUT2D eigenvalue weighted by molar-refractivity contribution is -0.161. The van der Waals surface area contributed by atoms with Crippen molar-refractivity contribution in [2.24, 2.45) is 0 Å². The van der Waals surface area contributed by atoms with Gasteiger partial charge in [0.25, 0.3) is 0 Å². The van der Waals surface area contributed by atoms with Crippen LogP contribution in [0.4, 0.5) is 5.82 Å². The van der Waals surface area contributed by atoms with Crippen LogP contribution in [0.2, 0.25) is 0 Å². The maximum absolute atomic E-state index is 12.9. The van der Waals surface area contributed by atoms with Crippen LogP contribution in [-0.4, -0.2) is 96.9 Å². The number of rotatable bonds is 41. The number of hydrogen-bond donors (Lipinski definition) is 6. The highest BCUT2D eigenvalue weighted by molar-refractivity contribution is 7.61. The molecule has 0 aliphatic carbocycles. The van der Waals surface area contributed by atoms with Crippen molar-refractivity contribution in [1.82, 2.24) is 9.55 Å². The van der Waals surface area contributed by atoms with Crippen molar-refractivity contribution in [3.8, 4) is 0 Å². The van der Waals surface area contributed by atoms with Gasteiger partial charge in [-0.05, 0) is 89.5 Å². The Kier molecular flexibility index (Phi) is 34.1. The number of phosphoric acid groups is 2. The van der Waals surface area contributed by atoms with Gasteiger partial charge in [0.05, 0.1) is 19.3 Å². The number of nitrogens with two attached hydrogens (primary N) is 1. The molecule has 1 aliphatic heterocycles. The third kappa shape index (κ3) is 30.9. The van der Waals surface area contributed by atoms with E-state index < -0.39 is 83.7 Å². The number of hydrogen-bond acceptors (Lipinski definition) is 16. The number of nitrogen functional groups attached to an aromatic ring is 1. The molecule has 1 aromatic heterocycles. The third-order valence-corrected chi connectivity index (χ3v) is 13.8. The Morgan fingerprint density at radius 3 is 1.89 bits per heavy atom. The Morgan fingerprint density at radius 1 is 0.732 bits per heavy atom. The third-order valence-electron chi connectivity index (χ3n) is 11.2. The molecule has 0 saturated carbocycles. The van der Waals surface area contributed by atoms with Gasteiger partial charge in [0, 0.05) is 19.0 Å². The fraction of sp³-hybridized carbons (Fsp3) is 0.680. The van der Waals surface area contributed by atoms with Crippen molar-refractivity contribution in [2.75, 3.05) is 25.6 Å². The van der Waals surface area contributed by atoms with E-state index >= 15 is 0 Å². The van der Waals surface area contributed by atoms with Gasteiger partial charge in [-0.3, -0.25) is 23.2 Å². The van der Waals surface area contributed by atoms with Gasteiger partial charge in [-0.2, -0.15) is 9.29 Å². The van der Waals surface area contributed by atoms with Gasteiger partial charge >= 0.3 is 33.3 Å². The largest absolute Gasteiger partial charge is 0.481 e. The molecule has 1 aliphatic rings. The lowest BCUT2D eigenvalue weighted by Crippen LogP contribution is -2.36. The number of aliphatic hydroxyl groups excluding tert-OH is 3. The molecule has 8 atom stereocenters. The highest BCUT2D eigenvalue weighted by atomic mass is 31.3. The molecule has 404 valence electrons. The van der Waals surface area contributed by atoms with Crippen LogP contribution < -0.4 is 11.4 Å². The molecule has 0 amide bonds. The molecule has 0 bridgehead atoms. The molecule has 1 fully saturated rings. The van der Waals surface area contributed by atoms with E-state index in [1.54, 1.807) is 0 Å². The minimum absolute atomic E-state index is 0.0196. The SMILES string of the molecule is CCCCCCCC/C=C\CCCCCCCC(=O)O[C@H](COC(=O)CCC/C=C\C/C=C\C/C=C\C/C=C\CC[C@@H](O)CC)COP(=O)(O)OP(=O)(O)OC[C@H]1O[C@@H](n2ccc(N)nc2=O)[C@H](O)[C@@H]1O. The number of unbranched alkanes of at least 4 members (excludes halogenated alkanes) is 12. The number of aliphatic hydroxyl groups is 3. The second kappa shape index (κ2) is 38.1. The molecule has 0 aromatic carbocycles. The Labute approximate surface area is 420 Å². The zero-order valence-corrected chi connectivity index (χ0v) is 43.7. The van der Waals surface area contributed by atoms with Crippen molar-refractivity contribution < 1.29 is 71.4 Å². The first kappa shape index (κ1) is 63.5. The number of esters is 2. The summed E-state index contributed by atoms with van der Waals surface area (Å²) in [5, 5.41) is 30.5. The molecule has 0 radical (unpaired) electrons. The highest BCUT2D eigenvalue weighted by Crippen LogP contribution is 2.60. The normalized spacial score (nSPS) is 20.1. The van der Waals surface area contributed by atoms with Crippen molar-refractivity contribution in [2.45, 2.75) is 198 Å². The number of aromatic nitrogens is 2. The second-order valence-corrected chi connectivity index (χ2v) is 20.5. The minimum atomic E-state index is -5.44. The maximum Gasteiger partial charge on any atom is 0.481 e. The van der Waals surface area contributed by atoms with Crippen molar-refractivity contribution in [3.63, 3.8) is 0 Å². The molecule has 2 unspecified atom stereocenters. The summed E-state index contributed by atoms with van der Waals surface area (Å²) in [4.78, 5) is 61.9.